The van der Waals surface area contributed by atoms with E-state index in [2.05, 4.69) is 10.1 Å². The van der Waals surface area contributed by atoms with Crippen molar-refractivity contribution in [2.75, 3.05) is 18.6 Å². The van der Waals surface area contributed by atoms with Gasteiger partial charge >= 0.3 is 0 Å². The van der Waals surface area contributed by atoms with Crippen molar-refractivity contribution in [1.82, 2.24) is 10.1 Å². The van der Waals surface area contributed by atoms with Crippen LogP contribution >= 0.6 is 11.6 Å². The van der Waals surface area contributed by atoms with Crippen molar-refractivity contribution in [2.24, 2.45) is 0 Å². The smallest absolute Gasteiger partial charge is 0.261 e. The van der Waals surface area contributed by atoms with Crippen LogP contribution in [0.4, 0.5) is 10.1 Å². The normalized spacial score (nSPS) is 16.8. The molecule has 0 bridgehead atoms. The number of carbonyl (C=O) groups is 1. The topological polar surface area (TPSA) is 68.5 Å². The van der Waals surface area contributed by atoms with Gasteiger partial charge in [-0.3, -0.25) is 4.79 Å². The van der Waals surface area contributed by atoms with Crippen LogP contribution in [0.3, 0.4) is 0 Å². The van der Waals surface area contributed by atoms with Gasteiger partial charge in [-0.25, -0.2) is 4.39 Å². The minimum atomic E-state index is -0.347. The summed E-state index contributed by atoms with van der Waals surface area (Å²) < 4.78 is 23.8. The zero-order chi connectivity index (χ0) is 19.0. The summed E-state index contributed by atoms with van der Waals surface area (Å²) in [6.45, 7) is 0.399. The highest BCUT2D eigenvalue weighted by Gasteiger charge is 2.34. The van der Waals surface area contributed by atoms with E-state index < -0.39 is 0 Å². The number of benzene rings is 2. The number of nitrogens with zero attached hydrogens (tertiary/aromatic N) is 3. The molecule has 1 saturated heterocycles. The average molecular weight is 388 g/mol. The third-order valence-corrected chi connectivity index (χ3v) is 4.70. The summed E-state index contributed by atoms with van der Waals surface area (Å²) in [6.07, 6.45) is 0.253. The lowest BCUT2D eigenvalue weighted by molar-refractivity contribution is -0.117. The van der Waals surface area contributed by atoms with Crippen molar-refractivity contribution in [3.63, 3.8) is 0 Å². The molecule has 3 aromatic rings. The minimum Gasteiger partial charge on any atom is -0.496 e. The molecule has 6 nitrogen and oxygen atoms in total. The molecule has 2 heterocycles. The average Bonchev–Trinajstić information content (AvgIpc) is 3.29. The molecule has 1 aromatic heterocycles. The first-order valence-electron chi connectivity index (χ1n) is 8.28. The zero-order valence-corrected chi connectivity index (χ0v) is 15.1. The maximum absolute atomic E-state index is 13.1. The van der Waals surface area contributed by atoms with Gasteiger partial charge in [0.05, 0.1) is 12.7 Å². The highest BCUT2D eigenvalue weighted by atomic mass is 35.5. The highest BCUT2D eigenvalue weighted by molar-refractivity contribution is 6.30. The van der Waals surface area contributed by atoms with Crippen molar-refractivity contribution in [1.29, 1.82) is 0 Å². The van der Waals surface area contributed by atoms with Gasteiger partial charge < -0.3 is 14.2 Å². The molecule has 1 aliphatic rings. The largest absolute Gasteiger partial charge is 0.496 e. The molecule has 1 atom stereocenters. The van der Waals surface area contributed by atoms with Gasteiger partial charge in [0.15, 0.2) is 5.82 Å². The van der Waals surface area contributed by atoms with Crippen LogP contribution in [0.2, 0.25) is 5.02 Å². The zero-order valence-electron chi connectivity index (χ0n) is 14.4. The number of amides is 1. The van der Waals surface area contributed by atoms with Gasteiger partial charge in [-0.2, -0.15) is 4.98 Å². The predicted octanol–water partition coefficient (Wildman–Crippen LogP) is 4.06. The summed E-state index contributed by atoms with van der Waals surface area (Å²) >= 11 is 6.05. The van der Waals surface area contributed by atoms with Gasteiger partial charge in [0, 0.05) is 29.6 Å². The number of halogens is 2. The number of ether oxygens (including phenoxy) is 1. The highest BCUT2D eigenvalue weighted by Crippen LogP contribution is 2.34. The summed E-state index contributed by atoms with van der Waals surface area (Å²) in [5, 5.41) is 4.55. The molecule has 0 unspecified atom stereocenters. The van der Waals surface area contributed by atoms with E-state index in [0.717, 1.165) is 0 Å². The summed E-state index contributed by atoms with van der Waals surface area (Å²) in [5.74, 6) is 0.635. The lowest BCUT2D eigenvalue weighted by Gasteiger charge is -2.15. The number of aromatic nitrogens is 2. The van der Waals surface area contributed by atoms with E-state index in [1.807, 2.05) is 0 Å². The number of hydrogen-bond donors (Lipinski definition) is 0. The Kier molecular flexibility index (Phi) is 4.53. The van der Waals surface area contributed by atoms with Crippen molar-refractivity contribution >= 4 is 23.2 Å². The van der Waals surface area contributed by atoms with Crippen molar-refractivity contribution in [3.8, 4) is 17.2 Å². The van der Waals surface area contributed by atoms with Gasteiger partial charge in [0.2, 0.25) is 5.91 Å². The first-order valence-corrected chi connectivity index (χ1v) is 8.66. The monoisotopic (exact) mass is 387 g/mol. The van der Waals surface area contributed by atoms with Gasteiger partial charge in [-0.1, -0.05) is 16.8 Å². The molecule has 0 saturated carbocycles. The van der Waals surface area contributed by atoms with E-state index >= 15 is 0 Å². The number of anilines is 1. The molecule has 0 spiro atoms. The minimum absolute atomic E-state index is 0.0710. The molecule has 138 valence electrons. The molecular formula is C19H15ClFN3O3. The molecule has 1 fully saturated rings. The summed E-state index contributed by atoms with van der Waals surface area (Å²) in [4.78, 5) is 18.4. The lowest BCUT2D eigenvalue weighted by Crippen LogP contribution is -2.24. The van der Waals surface area contributed by atoms with Crippen molar-refractivity contribution in [3.05, 3.63) is 59.1 Å². The Labute approximate surface area is 159 Å². The standard InChI is InChI=1S/C19H15ClFN3O3/c1-26-16-7-2-12(20)9-15(16)19-22-18(23-27-19)11-8-17(25)24(10-11)14-5-3-13(21)4-6-14/h2-7,9,11H,8,10H2,1H3/t11-/m0/s1. The number of carbonyl (C=O) groups excluding carboxylic acids is 1. The SMILES string of the molecule is COc1ccc(Cl)cc1-c1nc([C@H]2CC(=O)N(c3ccc(F)cc3)C2)no1. The van der Waals surface area contributed by atoms with Crippen LogP contribution in [0.1, 0.15) is 18.2 Å². The number of hydrogen-bond acceptors (Lipinski definition) is 5. The van der Waals surface area contributed by atoms with E-state index in [-0.39, 0.29) is 30.0 Å². The molecule has 0 N–H and O–H groups in total. The van der Waals surface area contributed by atoms with Crippen molar-refractivity contribution in [2.45, 2.75) is 12.3 Å². The molecular weight excluding hydrogens is 373 g/mol. The molecule has 8 heteroatoms. The van der Waals surface area contributed by atoms with E-state index in [9.17, 15) is 9.18 Å². The second kappa shape index (κ2) is 7.00. The number of rotatable bonds is 4. The molecule has 27 heavy (non-hydrogen) atoms. The Morgan fingerprint density at radius 1 is 1.26 bits per heavy atom. The molecule has 2 aromatic carbocycles. The van der Waals surface area contributed by atoms with Gasteiger partial charge in [0.25, 0.3) is 5.89 Å². The fourth-order valence-corrected chi connectivity index (χ4v) is 3.28. The molecule has 0 aliphatic carbocycles. The predicted molar refractivity (Wildman–Crippen MR) is 97.4 cm³/mol. The van der Waals surface area contributed by atoms with Crippen LogP contribution < -0.4 is 9.64 Å². The third kappa shape index (κ3) is 3.38. The third-order valence-electron chi connectivity index (χ3n) is 4.46. The second-order valence-corrected chi connectivity index (χ2v) is 6.62. The molecule has 1 aliphatic heterocycles. The van der Waals surface area contributed by atoms with Gasteiger partial charge in [-0.05, 0) is 42.5 Å². The maximum atomic E-state index is 13.1. The summed E-state index contributed by atoms with van der Waals surface area (Å²) in [5.41, 5.74) is 1.23. The van der Waals surface area contributed by atoms with Crippen LogP contribution in [0, 0.1) is 5.82 Å². The Bertz CT molecular complexity index is 990. The Morgan fingerprint density at radius 2 is 2.04 bits per heavy atom. The molecule has 0 radical (unpaired) electrons. The van der Waals surface area contributed by atoms with Crippen LogP contribution in [-0.2, 0) is 4.79 Å². The van der Waals surface area contributed by atoms with E-state index in [1.165, 1.54) is 12.1 Å². The summed E-state index contributed by atoms with van der Waals surface area (Å²) in [6, 6.07) is 10.9. The number of methoxy groups -OCH3 is 1. The molecule has 1 amide bonds. The second-order valence-electron chi connectivity index (χ2n) is 6.18. The Morgan fingerprint density at radius 3 is 2.78 bits per heavy atom. The van der Waals surface area contributed by atoms with Gasteiger partial charge in [0.1, 0.15) is 11.6 Å². The first kappa shape index (κ1) is 17.5. The Balaban J connectivity index is 1.58. The van der Waals surface area contributed by atoms with Crippen LogP contribution in [0.5, 0.6) is 5.75 Å². The van der Waals surface area contributed by atoms with Crippen LogP contribution in [0.15, 0.2) is 47.0 Å². The van der Waals surface area contributed by atoms with Crippen LogP contribution in [0.25, 0.3) is 11.5 Å². The van der Waals surface area contributed by atoms with Crippen molar-refractivity contribution < 1.29 is 18.4 Å². The lowest BCUT2D eigenvalue weighted by atomic mass is 10.1. The molecule has 4 rings (SSSR count). The van der Waals surface area contributed by atoms with Crippen LogP contribution in [-0.4, -0.2) is 29.7 Å². The fourth-order valence-electron chi connectivity index (χ4n) is 3.11. The van der Waals surface area contributed by atoms with E-state index in [0.29, 0.717) is 34.4 Å². The fraction of sp³-hybridized carbons (Fsp3) is 0.211. The van der Waals surface area contributed by atoms with Gasteiger partial charge in [-0.15, -0.1) is 0 Å². The first-order chi connectivity index (χ1) is 13.0. The quantitative estimate of drug-likeness (QED) is 0.675. The Hall–Kier alpha value is -2.93. The maximum Gasteiger partial charge on any atom is 0.261 e. The van der Waals surface area contributed by atoms with E-state index in [4.69, 9.17) is 20.9 Å². The van der Waals surface area contributed by atoms with E-state index in [1.54, 1.807) is 42.3 Å². The summed E-state index contributed by atoms with van der Waals surface area (Å²) in [7, 11) is 1.54.